The van der Waals surface area contributed by atoms with Gasteiger partial charge in [0.2, 0.25) is 0 Å². The minimum Gasteiger partial charge on any atom is -0.395 e. The number of hydrogen-bond donors (Lipinski definition) is 1. The van der Waals surface area contributed by atoms with Gasteiger partial charge in [-0.3, -0.25) is 0 Å². The molecule has 0 radical (unpaired) electrons. The van der Waals surface area contributed by atoms with Crippen LogP contribution in [0.4, 0.5) is 22.0 Å². The molecule has 1 N–H and O–H groups in total. The molecule has 116 valence electrons. The Morgan fingerprint density at radius 2 is 1.76 bits per heavy atom. The molecule has 0 spiro atoms. The van der Waals surface area contributed by atoms with Crippen LogP contribution in [0.2, 0.25) is 0 Å². The van der Waals surface area contributed by atoms with Gasteiger partial charge in [0.15, 0.2) is 5.65 Å². The number of alkyl halides is 5. The number of hydrogen-bond acceptors (Lipinski definition) is 3. The van der Waals surface area contributed by atoms with E-state index >= 15 is 0 Å². The smallest absolute Gasteiger partial charge is 0.395 e. The highest BCUT2D eigenvalue weighted by atomic mass is 19.4. The normalized spacial score (nSPS) is 13.1. The molecule has 2 rings (SSSR count). The fourth-order valence-electron chi connectivity index (χ4n) is 2.08. The Morgan fingerprint density at radius 3 is 2.29 bits per heavy atom. The summed E-state index contributed by atoms with van der Waals surface area (Å²) in [4.78, 5) is 7.72. The van der Waals surface area contributed by atoms with E-state index in [9.17, 15) is 22.0 Å². The second-order valence-corrected chi connectivity index (χ2v) is 4.59. The second kappa shape index (κ2) is 4.90. The second-order valence-electron chi connectivity index (χ2n) is 4.59. The molecule has 0 atom stereocenters. The third kappa shape index (κ3) is 2.45. The van der Waals surface area contributed by atoms with Gasteiger partial charge in [0, 0.05) is 12.2 Å². The number of nitrogens with zero attached hydrogens (tertiary/aromatic N) is 3. The first-order chi connectivity index (χ1) is 9.59. The van der Waals surface area contributed by atoms with Crippen LogP contribution in [0.1, 0.15) is 17.1 Å². The number of fused-ring (bicyclic) bond motifs is 1. The molecule has 2 heterocycles. The van der Waals surface area contributed by atoms with Crippen molar-refractivity contribution in [2.24, 2.45) is 0 Å². The molecule has 0 unspecified atom stereocenters. The van der Waals surface area contributed by atoms with Gasteiger partial charge in [-0.2, -0.15) is 22.0 Å². The Labute approximate surface area is 116 Å². The van der Waals surface area contributed by atoms with E-state index in [0.717, 1.165) is 0 Å². The van der Waals surface area contributed by atoms with Gasteiger partial charge in [0.1, 0.15) is 11.3 Å². The zero-order valence-corrected chi connectivity index (χ0v) is 11.2. The molecule has 0 aliphatic rings. The fourth-order valence-corrected chi connectivity index (χ4v) is 2.08. The minimum absolute atomic E-state index is 0.00974. The van der Waals surface area contributed by atoms with Crippen molar-refractivity contribution in [1.82, 2.24) is 14.5 Å². The molecule has 21 heavy (non-hydrogen) atoms. The fraction of sp³-hybridized carbons (Fsp3) is 0.500. The van der Waals surface area contributed by atoms with Crippen LogP contribution in [-0.2, 0) is 12.5 Å². The molecule has 0 aromatic carbocycles. The molecule has 2 aromatic rings. The third-order valence-electron chi connectivity index (χ3n) is 3.04. The third-order valence-corrected chi connectivity index (χ3v) is 3.04. The van der Waals surface area contributed by atoms with Crippen LogP contribution in [0.15, 0.2) is 6.07 Å². The van der Waals surface area contributed by atoms with Crippen LogP contribution in [0.25, 0.3) is 11.2 Å². The van der Waals surface area contributed by atoms with E-state index in [-0.39, 0.29) is 30.3 Å². The molecule has 0 bridgehead atoms. The Balaban J connectivity index is 2.79. The Bertz CT molecular complexity index is 678. The van der Waals surface area contributed by atoms with E-state index < -0.39 is 23.2 Å². The number of rotatable bonds is 3. The Morgan fingerprint density at radius 1 is 1.14 bits per heavy atom. The maximum atomic E-state index is 13.6. The van der Waals surface area contributed by atoms with E-state index in [1.165, 1.54) is 18.4 Å². The van der Waals surface area contributed by atoms with Crippen molar-refractivity contribution in [3.63, 3.8) is 0 Å². The Hall–Kier alpha value is -1.77. The zero-order valence-electron chi connectivity index (χ0n) is 11.2. The molecular weight excluding hydrogens is 297 g/mol. The zero-order chi connectivity index (χ0) is 16.0. The predicted molar refractivity (Wildman–Crippen MR) is 64.0 cm³/mol. The summed E-state index contributed by atoms with van der Waals surface area (Å²) in [6.07, 6.45) is -5.72. The van der Waals surface area contributed by atoms with E-state index in [2.05, 4.69) is 9.97 Å². The van der Waals surface area contributed by atoms with Crippen molar-refractivity contribution in [1.29, 1.82) is 0 Å². The molecule has 0 saturated carbocycles. The number of imidazole rings is 1. The summed E-state index contributed by atoms with van der Waals surface area (Å²) >= 11 is 0. The van der Waals surface area contributed by atoms with Crippen molar-refractivity contribution in [2.45, 2.75) is 32.5 Å². The molecule has 0 saturated heterocycles. The number of pyridine rings is 1. The van der Waals surface area contributed by atoms with Gasteiger partial charge >= 0.3 is 12.1 Å². The van der Waals surface area contributed by atoms with Gasteiger partial charge in [0.05, 0.1) is 12.2 Å². The highest BCUT2D eigenvalue weighted by Gasteiger charge is 2.60. The molecule has 0 fully saturated rings. The van der Waals surface area contributed by atoms with Gasteiger partial charge in [-0.25, -0.2) is 9.97 Å². The summed E-state index contributed by atoms with van der Waals surface area (Å²) in [5, 5.41) is 8.95. The lowest BCUT2D eigenvalue weighted by Crippen LogP contribution is -2.34. The lowest BCUT2D eigenvalue weighted by Gasteiger charge is -2.20. The van der Waals surface area contributed by atoms with Gasteiger partial charge in [-0.15, -0.1) is 0 Å². The molecular formula is C12H12F5N3O. The van der Waals surface area contributed by atoms with Crippen molar-refractivity contribution in [2.75, 3.05) is 6.61 Å². The van der Waals surface area contributed by atoms with Gasteiger partial charge in [0.25, 0.3) is 0 Å². The van der Waals surface area contributed by atoms with Crippen LogP contribution >= 0.6 is 0 Å². The van der Waals surface area contributed by atoms with Crippen molar-refractivity contribution >= 4 is 11.2 Å². The number of aryl methyl sites for hydroxylation is 2. The van der Waals surface area contributed by atoms with Gasteiger partial charge in [-0.1, -0.05) is 0 Å². The van der Waals surface area contributed by atoms with Gasteiger partial charge in [-0.05, 0) is 19.9 Å². The van der Waals surface area contributed by atoms with E-state index in [0.29, 0.717) is 6.07 Å². The van der Waals surface area contributed by atoms with Crippen LogP contribution in [-0.4, -0.2) is 32.4 Å². The summed E-state index contributed by atoms with van der Waals surface area (Å²) < 4.78 is 66.4. The van der Waals surface area contributed by atoms with E-state index in [4.69, 9.17) is 5.11 Å². The van der Waals surface area contributed by atoms with Crippen LogP contribution in [0.5, 0.6) is 0 Å². The summed E-state index contributed by atoms with van der Waals surface area (Å²) in [6.45, 7) is 2.46. The number of aromatic nitrogens is 3. The SMILES string of the molecule is Cc1cc(C(F)(F)C(F)(F)F)c2nc(C)n(CCO)c2n1. The first kappa shape index (κ1) is 15.6. The standard InChI is InChI=1S/C12H12F5N3O/c1-6-5-8(11(13,14)12(15,16)17)9-10(18-6)20(3-4-21)7(2)19-9/h5,21H,3-4H2,1-2H3. The van der Waals surface area contributed by atoms with Crippen molar-refractivity contribution in [3.8, 4) is 0 Å². The topological polar surface area (TPSA) is 50.9 Å². The largest absolute Gasteiger partial charge is 0.458 e. The van der Waals surface area contributed by atoms with Gasteiger partial charge < -0.3 is 9.67 Å². The monoisotopic (exact) mass is 309 g/mol. The summed E-state index contributed by atoms with van der Waals surface area (Å²) in [5.41, 5.74) is -1.81. The first-order valence-electron chi connectivity index (χ1n) is 6.00. The summed E-state index contributed by atoms with van der Waals surface area (Å²) in [5.74, 6) is -4.82. The average Bonchev–Trinajstić information content (AvgIpc) is 2.64. The number of aliphatic hydroxyl groups is 1. The maximum Gasteiger partial charge on any atom is 0.458 e. The van der Waals surface area contributed by atoms with Crippen LogP contribution < -0.4 is 0 Å². The van der Waals surface area contributed by atoms with Crippen LogP contribution in [0, 0.1) is 13.8 Å². The minimum atomic E-state index is -5.72. The summed E-state index contributed by atoms with van der Waals surface area (Å²) in [7, 11) is 0. The first-order valence-corrected chi connectivity index (χ1v) is 6.00. The maximum absolute atomic E-state index is 13.6. The summed E-state index contributed by atoms with van der Waals surface area (Å²) in [6, 6.07) is 0.686. The average molecular weight is 309 g/mol. The number of halogens is 5. The van der Waals surface area contributed by atoms with E-state index in [1.807, 2.05) is 0 Å². The Kier molecular flexibility index (Phi) is 3.64. The molecule has 0 amide bonds. The highest BCUT2D eigenvalue weighted by molar-refractivity contribution is 5.77. The van der Waals surface area contributed by atoms with Crippen LogP contribution in [0.3, 0.4) is 0 Å². The van der Waals surface area contributed by atoms with Crippen molar-refractivity contribution in [3.05, 3.63) is 23.1 Å². The molecule has 0 aliphatic carbocycles. The predicted octanol–water partition coefficient (Wildman–Crippen LogP) is 2.69. The van der Waals surface area contributed by atoms with Crippen molar-refractivity contribution < 1.29 is 27.1 Å². The molecule has 2 aromatic heterocycles. The highest BCUT2D eigenvalue weighted by Crippen LogP contribution is 2.45. The molecule has 4 nitrogen and oxygen atoms in total. The molecule has 9 heteroatoms. The molecule has 0 aliphatic heterocycles. The lowest BCUT2D eigenvalue weighted by atomic mass is 10.1. The number of aliphatic hydroxyl groups excluding tert-OH is 1. The lowest BCUT2D eigenvalue weighted by molar-refractivity contribution is -0.288. The van der Waals surface area contributed by atoms with E-state index in [1.54, 1.807) is 0 Å². The quantitative estimate of drug-likeness (QED) is 0.887.